The van der Waals surface area contributed by atoms with Gasteiger partial charge in [-0.15, -0.1) is 0 Å². The Hall–Kier alpha value is -1.22. The van der Waals surface area contributed by atoms with Crippen LogP contribution in [0.5, 0.6) is 0 Å². The van der Waals surface area contributed by atoms with Crippen LogP contribution in [0.3, 0.4) is 0 Å². The molecule has 3 nitrogen and oxygen atoms in total. The molecule has 1 aliphatic heterocycles. The average Bonchev–Trinajstić information content (AvgIpc) is 2.67. The number of anilines is 1. The molecule has 1 N–H and O–H groups in total. The van der Waals surface area contributed by atoms with E-state index in [-0.39, 0.29) is 0 Å². The predicted molar refractivity (Wildman–Crippen MR) is 85.8 cm³/mol. The van der Waals surface area contributed by atoms with Gasteiger partial charge >= 0.3 is 0 Å². The fourth-order valence-corrected chi connectivity index (χ4v) is 3.43. The van der Waals surface area contributed by atoms with Crippen LogP contribution in [0.1, 0.15) is 51.0 Å². The molecule has 0 unspecified atom stereocenters. The normalized spacial score (nSPS) is 15.2. The van der Waals surface area contributed by atoms with Gasteiger partial charge in [-0.3, -0.25) is 0 Å². The SMILES string of the molecule is CCC(CC)c1ccc(Cl)c2nc3n(c12)CCCCN3. The van der Waals surface area contributed by atoms with Gasteiger partial charge in [0.25, 0.3) is 0 Å². The number of fused-ring (bicyclic) bond motifs is 3. The van der Waals surface area contributed by atoms with Gasteiger partial charge in [-0.1, -0.05) is 31.5 Å². The topological polar surface area (TPSA) is 29.9 Å². The number of aryl methyl sites for hydroxylation is 1. The number of imidazole rings is 1. The van der Waals surface area contributed by atoms with Gasteiger partial charge in [0.2, 0.25) is 5.95 Å². The van der Waals surface area contributed by atoms with Crippen LogP contribution in [0.25, 0.3) is 11.0 Å². The van der Waals surface area contributed by atoms with E-state index >= 15 is 0 Å². The molecular formula is C16H22ClN3. The summed E-state index contributed by atoms with van der Waals surface area (Å²) in [6.07, 6.45) is 4.70. The maximum atomic E-state index is 6.38. The summed E-state index contributed by atoms with van der Waals surface area (Å²) in [7, 11) is 0. The molecule has 0 radical (unpaired) electrons. The Labute approximate surface area is 125 Å². The molecule has 0 aliphatic carbocycles. The molecule has 3 rings (SSSR count). The third-order valence-corrected chi connectivity index (χ3v) is 4.70. The molecule has 0 amide bonds. The second-order valence-corrected chi connectivity index (χ2v) is 5.98. The van der Waals surface area contributed by atoms with Gasteiger partial charge in [0.1, 0.15) is 5.52 Å². The highest BCUT2D eigenvalue weighted by molar-refractivity contribution is 6.35. The third kappa shape index (κ3) is 2.18. The fraction of sp³-hybridized carbons (Fsp3) is 0.562. The second-order valence-electron chi connectivity index (χ2n) is 5.57. The van der Waals surface area contributed by atoms with Crippen molar-refractivity contribution in [2.24, 2.45) is 0 Å². The van der Waals surface area contributed by atoms with Gasteiger partial charge in [-0.25, -0.2) is 4.98 Å². The van der Waals surface area contributed by atoms with Gasteiger partial charge in [0.05, 0.1) is 10.5 Å². The van der Waals surface area contributed by atoms with E-state index < -0.39 is 0 Å². The highest BCUT2D eigenvalue weighted by Crippen LogP contribution is 2.36. The van der Waals surface area contributed by atoms with E-state index in [4.69, 9.17) is 16.6 Å². The van der Waals surface area contributed by atoms with Crippen LogP contribution in [0.2, 0.25) is 5.02 Å². The lowest BCUT2D eigenvalue weighted by Gasteiger charge is -2.16. The molecule has 2 heterocycles. The van der Waals surface area contributed by atoms with Crippen molar-refractivity contribution >= 4 is 28.6 Å². The van der Waals surface area contributed by atoms with Crippen LogP contribution in [0.15, 0.2) is 12.1 Å². The first-order valence-corrected chi connectivity index (χ1v) is 8.06. The lowest BCUT2D eigenvalue weighted by molar-refractivity contribution is 0.632. The molecule has 2 aromatic rings. The Morgan fingerprint density at radius 1 is 1.30 bits per heavy atom. The van der Waals surface area contributed by atoms with Crippen LogP contribution in [-0.2, 0) is 6.54 Å². The van der Waals surface area contributed by atoms with Crippen LogP contribution in [0, 0.1) is 0 Å². The van der Waals surface area contributed by atoms with Crippen LogP contribution in [0.4, 0.5) is 5.95 Å². The molecule has 0 bridgehead atoms. The van der Waals surface area contributed by atoms with E-state index in [0.717, 1.165) is 42.4 Å². The maximum Gasteiger partial charge on any atom is 0.203 e. The summed E-state index contributed by atoms with van der Waals surface area (Å²) in [6, 6.07) is 4.20. The fourth-order valence-electron chi connectivity index (χ4n) is 3.24. The lowest BCUT2D eigenvalue weighted by Crippen LogP contribution is -2.05. The van der Waals surface area contributed by atoms with Crippen LogP contribution in [-0.4, -0.2) is 16.1 Å². The van der Waals surface area contributed by atoms with E-state index in [2.05, 4.69) is 29.8 Å². The molecule has 1 aliphatic rings. The molecule has 4 heteroatoms. The molecule has 0 atom stereocenters. The van der Waals surface area contributed by atoms with Crippen LogP contribution >= 0.6 is 11.6 Å². The van der Waals surface area contributed by atoms with Gasteiger partial charge in [-0.05, 0) is 43.2 Å². The second kappa shape index (κ2) is 5.65. The zero-order valence-electron chi connectivity index (χ0n) is 12.2. The molecule has 108 valence electrons. The van der Waals surface area contributed by atoms with Crippen molar-refractivity contribution in [3.8, 4) is 0 Å². The minimum atomic E-state index is 0.582. The highest BCUT2D eigenvalue weighted by atomic mass is 35.5. The van der Waals surface area contributed by atoms with E-state index in [1.165, 1.54) is 23.9 Å². The van der Waals surface area contributed by atoms with Crippen molar-refractivity contribution in [3.05, 3.63) is 22.7 Å². The molecule has 0 fully saturated rings. The summed E-state index contributed by atoms with van der Waals surface area (Å²) in [6.45, 7) is 6.55. The Morgan fingerprint density at radius 2 is 2.10 bits per heavy atom. The molecule has 1 aromatic heterocycles. The molecule has 1 aromatic carbocycles. The monoisotopic (exact) mass is 291 g/mol. The van der Waals surface area contributed by atoms with Crippen molar-refractivity contribution < 1.29 is 0 Å². The Balaban J connectivity index is 2.25. The number of nitrogens with zero attached hydrogens (tertiary/aromatic N) is 2. The molecular weight excluding hydrogens is 270 g/mol. The summed E-state index contributed by atoms with van der Waals surface area (Å²) < 4.78 is 2.34. The number of hydrogen-bond donors (Lipinski definition) is 1. The number of nitrogens with one attached hydrogen (secondary N) is 1. The first kappa shape index (κ1) is 13.7. The number of hydrogen-bond acceptors (Lipinski definition) is 2. The summed E-state index contributed by atoms with van der Waals surface area (Å²) in [5, 5.41) is 4.20. The minimum absolute atomic E-state index is 0.582. The molecule has 20 heavy (non-hydrogen) atoms. The highest BCUT2D eigenvalue weighted by Gasteiger charge is 2.21. The van der Waals surface area contributed by atoms with E-state index in [1.54, 1.807) is 0 Å². The zero-order valence-corrected chi connectivity index (χ0v) is 13.0. The van der Waals surface area contributed by atoms with Crippen LogP contribution < -0.4 is 5.32 Å². The summed E-state index contributed by atoms with van der Waals surface area (Å²) >= 11 is 6.38. The lowest BCUT2D eigenvalue weighted by atomic mass is 9.93. The van der Waals surface area contributed by atoms with Gasteiger partial charge in [0.15, 0.2) is 0 Å². The minimum Gasteiger partial charge on any atom is -0.356 e. The number of benzene rings is 1. The van der Waals surface area contributed by atoms with Gasteiger partial charge in [-0.2, -0.15) is 0 Å². The summed E-state index contributed by atoms with van der Waals surface area (Å²) in [5.41, 5.74) is 3.60. The molecule has 0 spiro atoms. The average molecular weight is 292 g/mol. The van der Waals surface area contributed by atoms with E-state index in [9.17, 15) is 0 Å². The first-order valence-electron chi connectivity index (χ1n) is 7.68. The third-order valence-electron chi connectivity index (χ3n) is 4.39. The number of halogens is 1. The predicted octanol–water partition coefficient (Wildman–Crippen LogP) is 4.80. The van der Waals surface area contributed by atoms with Crippen molar-refractivity contribution in [1.82, 2.24) is 9.55 Å². The van der Waals surface area contributed by atoms with Gasteiger partial charge in [0, 0.05) is 13.1 Å². The smallest absolute Gasteiger partial charge is 0.203 e. The van der Waals surface area contributed by atoms with Crippen molar-refractivity contribution in [1.29, 1.82) is 0 Å². The largest absolute Gasteiger partial charge is 0.356 e. The standard InChI is InChI=1S/C16H22ClN3/c1-3-11(4-2)12-7-8-13(17)14-15(12)20-10-6-5-9-18-16(20)19-14/h7-8,11H,3-6,9-10H2,1-2H3,(H,18,19). The Bertz CT molecular complexity index is 614. The number of aromatic nitrogens is 2. The number of rotatable bonds is 3. The Morgan fingerprint density at radius 3 is 2.85 bits per heavy atom. The van der Waals surface area contributed by atoms with Gasteiger partial charge < -0.3 is 9.88 Å². The Kier molecular flexibility index (Phi) is 3.88. The van der Waals surface area contributed by atoms with Crippen molar-refractivity contribution in [2.45, 2.75) is 52.0 Å². The molecule has 0 saturated carbocycles. The van der Waals surface area contributed by atoms with Crippen molar-refractivity contribution in [2.75, 3.05) is 11.9 Å². The quantitative estimate of drug-likeness (QED) is 0.880. The summed E-state index contributed by atoms with van der Waals surface area (Å²) in [4.78, 5) is 4.74. The molecule has 0 saturated heterocycles. The maximum absolute atomic E-state index is 6.38. The van der Waals surface area contributed by atoms with E-state index in [0.29, 0.717) is 5.92 Å². The van der Waals surface area contributed by atoms with E-state index in [1.807, 2.05) is 6.07 Å². The van der Waals surface area contributed by atoms with Crippen molar-refractivity contribution in [3.63, 3.8) is 0 Å². The summed E-state index contributed by atoms with van der Waals surface area (Å²) in [5.74, 6) is 1.57. The zero-order chi connectivity index (χ0) is 14.1. The first-order chi connectivity index (χ1) is 9.76.